The van der Waals surface area contributed by atoms with Gasteiger partial charge in [-0.3, -0.25) is 0 Å². The molecule has 0 saturated heterocycles. The molecule has 76 valence electrons. The first-order chi connectivity index (χ1) is 7.31. The van der Waals surface area contributed by atoms with Crippen LogP contribution in [0.3, 0.4) is 0 Å². The van der Waals surface area contributed by atoms with Gasteiger partial charge in [-0.1, -0.05) is 29.8 Å². The first-order valence-corrected chi connectivity index (χ1v) is 5.21. The first-order valence-electron chi connectivity index (χ1n) is 5.21. The average molecular weight is 198 g/mol. The normalized spacial score (nSPS) is 16.3. The fraction of sp³-hybridized carbons (Fsp3) is 0.308. The van der Waals surface area contributed by atoms with Crippen LogP contribution in [-0.2, 0) is 0 Å². The Morgan fingerprint density at radius 1 is 1.27 bits per heavy atom. The van der Waals surface area contributed by atoms with Crippen molar-refractivity contribution in [2.75, 3.05) is 13.1 Å². The number of hydrogen-bond donors (Lipinski definition) is 1. The fourth-order valence-electron chi connectivity index (χ4n) is 1.86. The maximum absolute atomic E-state index is 9.03. The van der Waals surface area contributed by atoms with Gasteiger partial charge in [-0.05, 0) is 31.0 Å². The van der Waals surface area contributed by atoms with Gasteiger partial charge < -0.3 is 5.32 Å². The number of hydrogen-bond acceptors (Lipinski definition) is 2. The summed E-state index contributed by atoms with van der Waals surface area (Å²) in [6.07, 6.45) is 0.950. The Hall–Kier alpha value is -1.59. The molecule has 15 heavy (non-hydrogen) atoms. The number of nitriles is 1. The van der Waals surface area contributed by atoms with Crippen LogP contribution in [-0.4, -0.2) is 13.1 Å². The van der Waals surface area contributed by atoms with Crippen molar-refractivity contribution in [1.29, 1.82) is 5.26 Å². The molecule has 0 unspecified atom stereocenters. The minimum atomic E-state index is 0.708. The van der Waals surface area contributed by atoms with E-state index in [9.17, 15) is 0 Å². The molecule has 0 atom stereocenters. The second kappa shape index (κ2) is 4.29. The highest BCUT2D eigenvalue weighted by Crippen LogP contribution is 2.24. The van der Waals surface area contributed by atoms with Crippen molar-refractivity contribution in [3.63, 3.8) is 0 Å². The van der Waals surface area contributed by atoms with E-state index in [0.29, 0.717) is 6.54 Å². The zero-order chi connectivity index (χ0) is 10.7. The van der Waals surface area contributed by atoms with Gasteiger partial charge in [-0.2, -0.15) is 5.26 Å². The summed E-state index contributed by atoms with van der Waals surface area (Å²) in [5.41, 5.74) is 4.53. The lowest BCUT2D eigenvalue weighted by molar-refractivity contribution is 0.724. The Morgan fingerprint density at radius 2 is 2.00 bits per heavy atom. The number of aryl methyl sites for hydroxylation is 1. The molecule has 2 nitrogen and oxygen atoms in total. The molecular weight excluding hydrogens is 184 g/mol. The van der Waals surface area contributed by atoms with E-state index in [1.807, 2.05) is 0 Å². The van der Waals surface area contributed by atoms with Crippen LogP contribution in [0.5, 0.6) is 0 Å². The predicted octanol–water partition coefficient (Wildman–Crippen LogP) is 2.27. The van der Waals surface area contributed by atoms with Crippen LogP contribution in [0.15, 0.2) is 29.8 Å². The summed E-state index contributed by atoms with van der Waals surface area (Å²) in [7, 11) is 0. The van der Waals surface area contributed by atoms with Crippen LogP contribution >= 0.6 is 0 Å². The summed E-state index contributed by atoms with van der Waals surface area (Å²) in [5, 5.41) is 12.2. The molecule has 1 aliphatic heterocycles. The van der Waals surface area contributed by atoms with Gasteiger partial charge >= 0.3 is 0 Å². The lowest BCUT2D eigenvalue weighted by Gasteiger charge is -2.17. The Balaban J connectivity index is 2.41. The van der Waals surface area contributed by atoms with Crippen LogP contribution in [0.25, 0.3) is 5.57 Å². The van der Waals surface area contributed by atoms with E-state index in [-0.39, 0.29) is 0 Å². The molecule has 0 bridgehead atoms. The second-order valence-electron chi connectivity index (χ2n) is 3.86. The SMILES string of the molecule is Cc1ccc(C2=C(C#N)CNCC2)cc1. The Kier molecular flexibility index (Phi) is 2.84. The highest BCUT2D eigenvalue weighted by Gasteiger charge is 2.12. The molecule has 2 rings (SSSR count). The van der Waals surface area contributed by atoms with E-state index in [1.54, 1.807) is 0 Å². The molecule has 1 aromatic carbocycles. The summed E-state index contributed by atoms with van der Waals surface area (Å²) < 4.78 is 0. The Morgan fingerprint density at radius 3 is 2.67 bits per heavy atom. The molecule has 1 N–H and O–H groups in total. The number of nitrogens with one attached hydrogen (secondary N) is 1. The lowest BCUT2D eigenvalue weighted by atomic mass is 9.94. The van der Waals surface area contributed by atoms with Crippen LogP contribution in [0, 0.1) is 18.3 Å². The third-order valence-corrected chi connectivity index (χ3v) is 2.75. The summed E-state index contributed by atoms with van der Waals surface area (Å²) in [5.74, 6) is 0. The summed E-state index contributed by atoms with van der Waals surface area (Å²) >= 11 is 0. The zero-order valence-corrected chi connectivity index (χ0v) is 8.88. The number of nitrogens with zero attached hydrogens (tertiary/aromatic N) is 1. The third kappa shape index (κ3) is 2.08. The second-order valence-corrected chi connectivity index (χ2v) is 3.86. The smallest absolute Gasteiger partial charge is 0.0963 e. The molecule has 0 amide bonds. The molecule has 1 aromatic rings. The quantitative estimate of drug-likeness (QED) is 0.751. The molecule has 0 fully saturated rings. The predicted molar refractivity (Wildman–Crippen MR) is 61.2 cm³/mol. The zero-order valence-electron chi connectivity index (χ0n) is 8.88. The van der Waals surface area contributed by atoms with Gasteiger partial charge in [0, 0.05) is 12.1 Å². The van der Waals surface area contributed by atoms with Gasteiger partial charge in [-0.15, -0.1) is 0 Å². The van der Waals surface area contributed by atoms with Crippen LogP contribution in [0.1, 0.15) is 17.5 Å². The largest absolute Gasteiger partial charge is 0.312 e. The van der Waals surface area contributed by atoms with Crippen molar-refractivity contribution in [3.05, 3.63) is 41.0 Å². The lowest BCUT2D eigenvalue weighted by Crippen LogP contribution is -2.24. The Bertz CT molecular complexity index is 421. The van der Waals surface area contributed by atoms with E-state index < -0.39 is 0 Å². The molecule has 2 heteroatoms. The van der Waals surface area contributed by atoms with E-state index >= 15 is 0 Å². The minimum Gasteiger partial charge on any atom is -0.312 e. The topological polar surface area (TPSA) is 35.8 Å². The standard InChI is InChI=1S/C13H14N2/c1-10-2-4-11(5-3-10)13-6-7-15-9-12(13)8-14/h2-5,15H,6-7,9H2,1H3. The Labute approximate surface area is 90.2 Å². The molecule has 0 spiro atoms. The van der Waals surface area contributed by atoms with Gasteiger partial charge in [-0.25, -0.2) is 0 Å². The maximum Gasteiger partial charge on any atom is 0.0963 e. The summed E-state index contributed by atoms with van der Waals surface area (Å²) in [6, 6.07) is 10.7. The van der Waals surface area contributed by atoms with Crippen molar-refractivity contribution < 1.29 is 0 Å². The number of benzene rings is 1. The molecule has 1 aliphatic rings. The molecule has 0 aliphatic carbocycles. The van der Waals surface area contributed by atoms with E-state index in [0.717, 1.165) is 18.5 Å². The van der Waals surface area contributed by atoms with E-state index in [2.05, 4.69) is 42.6 Å². The van der Waals surface area contributed by atoms with Crippen molar-refractivity contribution in [1.82, 2.24) is 5.32 Å². The average Bonchev–Trinajstić information content (AvgIpc) is 2.30. The number of rotatable bonds is 1. The maximum atomic E-state index is 9.03. The summed E-state index contributed by atoms with van der Waals surface area (Å²) in [4.78, 5) is 0. The fourth-order valence-corrected chi connectivity index (χ4v) is 1.86. The first kappa shape index (κ1) is 9.95. The minimum absolute atomic E-state index is 0.708. The summed E-state index contributed by atoms with van der Waals surface area (Å²) in [6.45, 7) is 3.75. The van der Waals surface area contributed by atoms with E-state index in [1.165, 1.54) is 16.7 Å². The van der Waals surface area contributed by atoms with Crippen LogP contribution in [0.4, 0.5) is 0 Å². The molecular formula is C13H14N2. The molecule has 0 saturated carbocycles. The van der Waals surface area contributed by atoms with Crippen molar-refractivity contribution in [2.45, 2.75) is 13.3 Å². The van der Waals surface area contributed by atoms with Crippen molar-refractivity contribution in [2.24, 2.45) is 0 Å². The van der Waals surface area contributed by atoms with E-state index in [4.69, 9.17) is 5.26 Å². The van der Waals surface area contributed by atoms with Crippen LogP contribution in [0.2, 0.25) is 0 Å². The van der Waals surface area contributed by atoms with Gasteiger partial charge in [0.15, 0.2) is 0 Å². The highest BCUT2D eigenvalue weighted by atomic mass is 14.9. The van der Waals surface area contributed by atoms with Gasteiger partial charge in [0.1, 0.15) is 0 Å². The molecule has 1 heterocycles. The van der Waals surface area contributed by atoms with Gasteiger partial charge in [0.25, 0.3) is 0 Å². The van der Waals surface area contributed by atoms with Crippen molar-refractivity contribution >= 4 is 5.57 Å². The monoisotopic (exact) mass is 198 g/mol. The van der Waals surface area contributed by atoms with Gasteiger partial charge in [0.05, 0.1) is 6.07 Å². The highest BCUT2D eigenvalue weighted by molar-refractivity contribution is 5.73. The molecule has 0 aromatic heterocycles. The third-order valence-electron chi connectivity index (χ3n) is 2.75. The molecule has 0 radical (unpaired) electrons. The van der Waals surface area contributed by atoms with Gasteiger partial charge in [0.2, 0.25) is 0 Å². The van der Waals surface area contributed by atoms with Crippen LogP contribution < -0.4 is 5.32 Å². The van der Waals surface area contributed by atoms with Crippen molar-refractivity contribution in [3.8, 4) is 6.07 Å².